The van der Waals surface area contributed by atoms with E-state index in [0.717, 1.165) is 66.2 Å². The van der Waals surface area contributed by atoms with Gasteiger partial charge < -0.3 is 0 Å². The van der Waals surface area contributed by atoms with E-state index in [4.69, 9.17) is 29.9 Å². The molecule has 7 heteroatoms. The number of hydrogen-bond donors (Lipinski definition) is 0. The lowest BCUT2D eigenvalue weighted by molar-refractivity contribution is 0.917. The fraction of sp³-hybridized carbons (Fsp3) is 0.101. The fourth-order valence-electron chi connectivity index (χ4n) is 11.2. The van der Waals surface area contributed by atoms with Gasteiger partial charge in [0.15, 0.2) is 23.3 Å². The number of rotatable bonds is 11. The highest BCUT2D eigenvalue weighted by molar-refractivity contribution is 6.03. The van der Waals surface area contributed by atoms with Gasteiger partial charge in [-0.2, -0.15) is 19.9 Å². The van der Waals surface area contributed by atoms with Crippen LogP contribution in [0.5, 0.6) is 0 Å². The van der Waals surface area contributed by atoms with E-state index in [-0.39, 0.29) is 5.92 Å². The molecule has 2 aromatic heterocycles. The van der Waals surface area contributed by atoms with Crippen molar-refractivity contribution < 1.29 is 0 Å². The lowest BCUT2D eigenvalue weighted by Crippen LogP contribution is -2.19. The van der Waals surface area contributed by atoms with Crippen molar-refractivity contribution in [2.75, 3.05) is 4.90 Å². The number of nitrogens with zero attached hydrogens (tertiary/aromatic N) is 7. The van der Waals surface area contributed by atoms with Gasteiger partial charge in [0.2, 0.25) is 11.9 Å². The van der Waals surface area contributed by atoms with E-state index < -0.39 is 0 Å². The minimum absolute atomic E-state index is 0.0390. The molecular weight excluding hydrogens is 927 g/mol. The Kier molecular flexibility index (Phi) is 12.6. The van der Waals surface area contributed by atoms with Gasteiger partial charge in [-0.15, -0.1) is 0 Å². The van der Waals surface area contributed by atoms with Crippen LogP contribution < -0.4 is 4.90 Å². The minimum atomic E-state index is -0.0390. The van der Waals surface area contributed by atoms with Crippen molar-refractivity contribution in [3.8, 4) is 56.7 Å². The molecule has 12 rings (SSSR count). The second kappa shape index (κ2) is 20.1. The second-order valence-corrected chi connectivity index (χ2v) is 19.9. The molecule has 10 aromatic carbocycles. The van der Waals surface area contributed by atoms with E-state index in [9.17, 15) is 0 Å². The van der Waals surface area contributed by atoms with E-state index in [1.165, 1.54) is 44.5 Å². The first kappa shape index (κ1) is 47.5. The van der Waals surface area contributed by atoms with Gasteiger partial charge in [0, 0.05) is 33.7 Å². The molecule has 0 unspecified atom stereocenters. The predicted molar refractivity (Wildman–Crippen MR) is 312 cm³/mol. The van der Waals surface area contributed by atoms with Crippen molar-refractivity contribution in [3.63, 3.8) is 0 Å². The van der Waals surface area contributed by atoms with Crippen LogP contribution in [-0.2, 0) is 0 Å². The van der Waals surface area contributed by atoms with Gasteiger partial charge in [0.25, 0.3) is 0 Å². The largest absolute Gasteiger partial charge is 0.246 e. The van der Waals surface area contributed by atoms with Crippen LogP contribution >= 0.6 is 0 Å². The average Bonchev–Trinajstić information content (AvgIpc) is 3.45. The lowest BCUT2D eigenvalue weighted by Gasteiger charge is -2.28. The summed E-state index contributed by atoms with van der Waals surface area (Å²) in [5.74, 6) is 2.73. The third-order valence-corrected chi connectivity index (χ3v) is 14.5. The molecule has 0 saturated heterocycles. The van der Waals surface area contributed by atoms with E-state index in [1.807, 2.05) is 71.6 Å². The molecule has 2 heterocycles. The first-order chi connectivity index (χ1) is 37.1. The standard InChI is InChI=1S/C69H55N7/c1-43-38-45(3)60(46(4)39-43)63(61-47(5)40-44(2)41-48(61)6)52-32-35-57(36-33-52)76(68-72-64(53-24-12-8-13-25-53)70-66(74-68)56-31-30-49-20-16-17-28-55(49)42-56)69-73-65(54-26-14-9-15-27-54)71-67(75-69)59-37-34-50-21-18-19-29-58(50)62(59)51-22-10-7-11-23-51/h7-42,63H,1-6H3. The monoisotopic (exact) mass is 981 g/mol. The molecule has 76 heavy (non-hydrogen) atoms. The Labute approximate surface area is 444 Å². The third-order valence-electron chi connectivity index (χ3n) is 14.5. The number of anilines is 3. The van der Waals surface area contributed by atoms with Gasteiger partial charge >= 0.3 is 0 Å². The Balaban J connectivity index is 1.13. The molecule has 7 nitrogen and oxygen atoms in total. The van der Waals surface area contributed by atoms with Crippen LogP contribution in [0.1, 0.15) is 56.0 Å². The maximum atomic E-state index is 5.54. The molecule has 0 radical (unpaired) electrons. The summed E-state index contributed by atoms with van der Waals surface area (Å²) in [6.07, 6.45) is 0. The molecule has 0 atom stereocenters. The number of aromatic nitrogens is 6. The number of hydrogen-bond acceptors (Lipinski definition) is 7. The number of benzene rings is 10. The van der Waals surface area contributed by atoms with Gasteiger partial charge in [-0.1, -0.05) is 205 Å². The van der Waals surface area contributed by atoms with Crippen LogP contribution in [-0.4, -0.2) is 29.9 Å². The lowest BCUT2D eigenvalue weighted by atomic mass is 9.77. The Morgan fingerprint density at radius 3 is 1.32 bits per heavy atom. The molecule has 366 valence electrons. The van der Waals surface area contributed by atoms with Crippen LogP contribution in [0.2, 0.25) is 0 Å². The molecule has 0 aliphatic rings. The van der Waals surface area contributed by atoms with Crippen molar-refractivity contribution >= 4 is 39.1 Å². The van der Waals surface area contributed by atoms with Crippen LogP contribution in [0.3, 0.4) is 0 Å². The van der Waals surface area contributed by atoms with Gasteiger partial charge in [0.05, 0.1) is 5.69 Å². The van der Waals surface area contributed by atoms with Crippen LogP contribution in [0.15, 0.2) is 218 Å². The Hall–Kier alpha value is -9.46. The topological polar surface area (TPSA) is 80.6 Å². The van der Waals surface area contributed by atoms with Crippen molar-refractivity contribution in [2.24, 2.45) is 0 Å². The Bertz CT molecular complexity index is 4020. The summed E-state index contributed by atoms with van der Waals surface area (Å²) in [4.78, 5) is 34.3. The highest BCUT2D eigenvalue weighted by Crippen LogP contribution is 2.43. The zero-order valence-electron chi connectivity index (χ0n) is 43.5. The highest BCUT2D eigenvalue weighted by Gasteiger charge is 2.28. The Morgan fingerprint density at radius 2 is 0.763 bits per heavy atom. The summed E-state index contributed by atoms with van der Waals surface area (Å²) in [6, 6.07) is 76.3. The quantitative estimate of drug-likeness (QED) is 0.119. The zero-order chi connectivity index (χ0) is 51.9. The molecule has 0 saturated carbocycles. The molecule has 12 aromatic rings. The number of fused-ring (bicyclic) bond motifs is 2. The third kappa shape index (κ3) is 9.17. The minimum Gasteiger partial charge on any atom is -0.246 e. The first-order valence-electron chi connectivity index (χ1n) is 25.9. The Morgan fingerprint density at radius 1 is 0.329 bits per heavy atom. The number of aryl methyl sites for hydroxylation is 6. The van der Waals surface area contributed by atoms with Crippen molar-refractivity contribution in [3.05, 3.63) is 268 Å². The summed E-state index contributed by atoms with van der Waals surface area (Å²) in [6.45, 7) is 13.3. The van der Waals surface area contributed by atoms with Gasteiger partial charge in [-0.25, -0.2) is 14.9 Å². The van der Waals surface area contributed by atoms with E-state index in [2.05, 4.69) is 193 Å². The SMILES string of the molecule is Cc1cc(C)c(C(c2ccc(N(c3nc(-c4ccccc4)nc(-c4ccc5ccccc5c4)n3)c3nc(-c4ccccc4)nc(-c4ccc5ccccc5c4-c4ccccc4)n3)cc2)c2c(C)cc(C)cc2C)c(C)c1. The van der Waals surface area contributed by atoms with Gasteiger partial charge in [0.1, 0.15) is 0 Å². The second-order valence-electron chi connectivity index (χ2n) is 19.9. The molecule has 0 bridgehead atoms. The van der Waals surface area contributed by atoms with Crippen molar-refractivity contribution in [1.29, 1.82) is 0 Å². The van der Waals surface area contributed by atoms with E-state index in [1.54, 1.807) is 0 Å². The highest BCUT2D eigenvalue weighted by atomic mass is 15.4. The summed E-state index contributed by atoms with van der Waals surface area (Å²) in [5, 5.41) is 4.43. The summed E-state index contributed by atoms with van der Waals surface area (Å²) >= 11 is 0. The summed E-state index contributed by atoms with van der Waals surface area (Å²) in [7, 11) is 0. The molecule has 0 aliphatic heterocycles. The normalized spacial score (nSPS) is 11.4. The molecule has 0 N–H and O–H groups in total. The van der Waals surface area contributed by atoms with E-state index in [0.29, 0.717) is 35.2 Å². The molecule has 0 spiro atoms. The molecule has 0 amide bonds. The maximum Gasteiger partial charge on any atom is 0.241 e. The summed E-state index contributed by atoms with van der Waals surface area (Å²) < 4.78 is 0. The molecule has 0 aliphatic carbocycles. The maximum absolute atomic E-state index is 5.54. The smallest absolute Gasteiger partial charge is 0.241 e. The van der Waals surface area contributed by atoms with Gasteiger partial charge in [-0.05, 0) is 132 Å². The van der Waals surface area contributed by atoms with Crippen LogP contribution in [0.25, 0.3) is 78.2 Å². The first-order valence-corrected chi connectivity index (χ1v) is 25.9. The van der Waals surface area contributed by atoms with Crippen molar-refractivity contribution in [2.45, 2.75) is 47.5 Å². The predicted octanol–water partition coefficient (Wildman–Crippen LogP) is 17.2. The van der Waals surface area contributed by atoms with E-state index >= 15 is 0 Å². The van der Waals surface area contributed by atoms with Crippen LogP contribution in [0, 0.1) is 41.5 Å². The van der Waals surface area contributed by atoms with Crippen molar-refractivity contribution in [1.82, 2.24) is 29.9 Å². The van der Waals surface area contributed by atoms with Gasteiger partial charge in [-0.3, -0.25) is 0 Å². The zero-order valence-corrected chi connectivity index (χ0v) is 43.5. The molecular formula is C69H55N7. The molecule has 0 fully saturated rings. The average molecular weight is 982 g/mol. The fourth-order valence-corrected chi connectivity index (χ4v) is 11.2. The summed E-state index contributed by atoms with van der Waals surface area (Å²) in [5.41, 5.74) is 17.6. The van der Waals surface area contributed by atoms with Crippen LogP contribution in [0.4, 0.5) is 17.6 Å².